The van der Waals surface area contributed by atoms with Gasteiger partial charge < -0.3 is 10.4 Å². The average molecular weight is 316 g/mol. The van der Waals surface area contributed by atoms with Crippen molar-refractivity contribution < 1.29 is 14.7 Å². The van der Waals surface area contributed by atoms with Crippen molar-refractivity contribution in [1.29, 1.82) is 0 Å². The third-order valence-electron chi connectivity index (χ3n) is 3.55. The number of carboxylic acids is 1. The zero-order valence-corrected chi connectivity index (χ0v) is 12.2. The molecule has 0 aromatic heterocycles. The molecule has 1 fully saturated rings. The second kappa shape index (κ2) is 6.46. The van der Waals surface area contributed by atoms with Gasteiger partial charge in [-0.15, -0.1) is 0 Å². The minimum absolute atomic E-state index is 0.124. The number of rotatable bonds is 4. The number of benzene rings is 1. The number of hydrogen-bond acceptors (Lipinski definition) is 2. The Hall–Kier alpha value is -1.26. The molecule has 0 saturated heterocycles. The third-order valence-corrected chi connectivity index (χ3v) is 4.13. The molecule has 20 heavy (non-hydrogen) atoms. The first-order chi connectivity index (χ1) is 9.47. The van der Waals surface area contributed by atoms with E-state index < -0.39 is 11.9 Å². The molecule has 1 aromatic carbocycles. The smallest absolute Gasteiger partial charge is 0.308 e. The van der Waals surface area contributed by atoms with Gasteiger partial charge in [-0.2, -0.15) is 0 Å². The normalized spacial score (nSPS) is 21.7. The Morgan fingerprint density at radius 3 is 2.70 bits per heavy atom. The van der Waals surface area contributed by atoms with Gasteiger partial charge in [0.15, 0.2) is 0 Å². The van der Waals surface area contributed by atoms with Gasteiger partial charge in [-0.05, 0) is 30.5 Å². The Bertz CT molecular complexity index is 533. The van der Waals surface area contributed by atoms with E-state index in [1.165, 1.54) is 0 Å². The maximum absolute atomic E-state index is 12.0. The fourth-order valence-corrected chi connectivity index (χ4v) is 3.00. The molecule has 1 aliphatic carbocycles. The number of nitrogens with one attached hydrogen (secondary N) is 1. The van der Waals surface area contributed by atoms with E-state index in [4.69, 9.17) is 28.3 Å². The summed E-state index contributed by atoms with van der Waals surface area (Å²) < 4.78 is 0. The van der Waals surface area contributed by atoms with Crippen LogP contribution in [0.5, 0.6) is 0 Å². The largest absolute Gasteiger partial charge is 0.481 e. The summed E-state index contributed by atoms with van der Waals surface area (Å²) in [5.74, 6) is -1.55. The monoisotopic (exact) mass is 315 g/mol. The van der Waals surface area contributed by atoms with Crippen LogP contribution in [-0.4, -0.2) is 23.0 Å². The molecular weight excluding hydrogens is 301 g/mol. The minimum atomic E-state index is -0.850. The number of carbonyl (C=O) groups is 2. The van der Waals surface area contributed by atoms with Gasteiger partial charge in [-0.3, -0.25) is 9.59 Å². The fourth-order valence-electron chi connectivity index (χ4n) is 2.52. The zero-order valence-electron chi connectivity index (χ0n) is 10.7. The summed E-state index contributed by atoms with van der Waals surface area (Å²) in [4.78, 5) is 23.0. The summed E-state index contributed by atoms with van der Waals surface area (Å²) in [5.41, 5.74) is 0.679. The molecule has 2 rings (SSSR count). The summed E-state index contributed by atoms with van der Waals surface area (Å²) in [6.45, 7) is 0. The molecule has 0 bridgehead atoms. The molecule has 2 atom stereocenters. The van der Waals surface area contributed by atoms with Gasteiger partial charge in [0.1, 0.15) is 0 Å². The van der Waals surface area contributed by atoms with Crippen molar-refractivity contribution in [3.8, 4) is 0 Å². The van der Waals surface area contributed by atoms with E-state index in [0.29, 0.717) is 28.5 Å². The van der Waals surface area contributed by atoms with Crippen molar-refractivity contribution in [2.45, 2.75) is 31.7 Å². The van der Waals surface area contributed by atoms with Crippen LogP contribution in [-0.2, 0) is 16.0 Å². The molecule has 0 unspecified atom stereocenters. The molecule has 1 saturated carbocycles. The lowest BCUT2D eigenvalue weighted by Crippen LogP contribution is -2.40. The molecule has 1 amide bonds. The van der Waals surface area contributed by atoms with Crippen LogP contribution < -0.4 is 5.32 Å². The molecule has 6 heteroatoms. The molecule has 108 valence electrons. The second-order valence-corrected chi connectivity index (χ2v) is 5.81. The quantitative estimate of drug-likeness (QED) is 0.897. The van der Waals surface area contributed by atoms with Gasteiger partial charge in [0.25, 0.3) is 0 Å². The van der Waals surface area contributed by atoms with E-state index >= 15 is 0 Å². The Morgan fingerprint density at radius 1 is 1.30 bits per heavy atom. The van der Waals surface area contributed by atoms with Crippen molar-refractivity contribution in [3.05, 3.63) is 33.8 Å². The average Bonchev–Trinajstić information content (AvgIpc) is 2.81. The van der Waals surface area contributed by atoms with Crippen molar-refractivity contribution in [1.82, 2.24) is 5.32 Å². The van der Waals surface area contributed by atoms with E-state index in [1.54, 1.807) is 18.2 Å². The highest BCUT2D eigenvalue weighted by Gasteiger charge is 2.33. The summed E-state index contributed by atoms with van der Waals surface area (Å²) in [6.07, 6.45) is 2.27. The molecule has 4 nitrogen and oxygen atoms in total. The van der Waals surface area contributed by atoms with Crippen LogP contribution in [0.1, 0.15) is 24.8 Å². The maximum Gasteiger partial charge on any atom is 0.308 e. The Balaban J connectivity index is 1.97. The van der Waals surface area contributed by atoms with Crippen LogP contribution in [0.4, 0.5) is 0 Å². The predicted octanol–water partition coefficient (Wildman–Crippen LogP) is 2.91. The highest BCUT2D eigenvalue weighted by molar-refractivity contribution is 6.35. The van der Waals surface area contributed by atoms with E-state index in [9.17, 15) is 9.59 Å². The van der Waals surface area contributed by atoms with Crippen LogP contribution in [0.15, 0.2) is 18.2 Å². The van der Waals surface area contributed by atoms with Gasteiger partial charge in [-0.25, -0.2) is 0 Å². The molecule has 1 aromatic rings. The maximum atomic E-state index is 12.0. The molecule has 0 aliphatic heterocycles. The van der Waals surface area contributed by atoms with E-state index in [0.717, 1.165) is 6.42 Å². The van der Waals surface area contributed by atoms with Crippen LogP contribution in [0, 0.1) is 5.92 Å². The zero-order chi connectivity index (χ0) is 14.7. The topological polar surface area (TPSA) is 66.4 Å². The van der Waals surface area contributed by atoms with E-state index in [-0.39, 0.29) is 18.4 Å². The van der Waals surface area contributed by atoms with Crippen LogP contribution in [0.25, 0.3) is 0 Å². The standard InChI is InChI=1S/C14H15Cl2NO3/c15-9-5-4-8(11(16)7-9)6-13(18)17-12-3-1-2-10(12)14(19)20/h4-5,7,10,12H,1-3,6H2,(H,17,18)(H,19,20)/t10-,12+/m1/s1. The molecule has 2 N–H and O–H groups in total. The first kappa shape index (κ1) is 15.1. The summed E-state index contributed by atoms with van der Waals surface area (Å²) >= 11 is 11.8. The fraction of sp³-hybridized carbons (Fsp3) is 0.429. The van der Waals surface area contributed by atoms with Crippen molar-refractivity contribution in [2.75, 3.05) is 0 Å². The Kier molecular flexibility index (Phi) is 4.89. The molecule has 0 spiro atoms. The van der Waals surface area contributed by atoms with Crippen LogP contribution in [0.3, 0.4) is 0 Å². The number of carboxylic acid groups (broad SMARTS) is 1. The van der Waals surface area contributed by atoms with Gasteiger partial charge >= 0.3 is 5.97 Å². The van der Waals surface area contributed by atoms with Crippen molar-refractivity contribution in [2.24, 2.45) is 5.92 Å². The third kappa shape index (κ3) is 3.64. The van der Waals surface area contributed by atoms with Crippen LogP contribution in [0.2, 0.25) is 10.0 Å². The molecule has 0 heterocycles. The lowest BCUT2D eigenvalue weighted by atomic mass is 10.0. The lowest BCUT2D eigenvalue weighted by Gasteiger charge is -2.17. The molecular formula is C14H15Cl2NO3. The second-order valence-electron chi connectivity index (χ2n) is 4.96. The molecule has 1 aliphatic rings. The SMILES string of the molecule is O=C(Cc1ccc(Cl)cc1Cl)N[C@H]1CCC[C@H]1C(=O)O. The van der Waals surface area contributed by atoms with Crippen molar-refractivity contribution in [3.63, 3.8) is 0 Å². The molecule has 0 radical (unpaired) electrons. The number of aliphatic carboxylic acids is 1. The summed E-state index contributed by atoms with van der Waals surface area (Å²) in [5, 5.41) is 12.8. The van der Waals surface area contributed by atoms with Gasteiger partial charge in [0.2, 0.25) is 5.91 Å². The predicted molar refractivity (Wildman–Crippen MR) is 77.1 cm³/mol. The number of hydrogen-bond donors (Lipinski definition) is 2. The van der Waals surface area contributed by atoms with Crippen LogP contribution >= 0.6 is 23.2 Å². The lowest BCUT2D eigenvalue weighted by molar-refractivity contribution is -0.142. The summed E-state index contributed by atoms with van der Waals surface area (Å²) in [6, 6.07) is 4.67. The highest BCUT2D eigenvalue weighted by Crippen LogP contribution is 2.26. The minimum Gasteiger partial charge on any atom is -0.481 e. The van der Waals surface area contributed by atoms with Gasteiger partial charge in [0, 0.05) is 16.1 Å². The first-order valence-electron chi connectivity index (χ1n) is 6.43. The van der Waals surface area contributed by atoms with Gasteiger partial charge in [0.05, 0.1) is 12.3 Å². The Labute approximate surface area is 127 Å². The van der Waals surface area contributed by atoms with Gasteiger partial charge in [-0.1, -0.05) is 35.7 Å². The van der Waals surface area contributed by atoms with E-state index in [1.807, 2.05) is 0 Å². The summed E-state index contributed by atoms with van der Waals surface area (Å²) in [7, 11) is 0. The number of carbonyl (C=O) groups excluding carboxylic acids is 1. The number of halogens is 2. The first-order valence-corrected chi connectivity index (χ1v) is 7.19. The van der Waals surface area contributed by atoms with E-state index in [2.05, 4.69) is 5.32 Å². The number of amides is 1. The highest BCUT2D eigenvalue weighted by atomic mass is 35.5. The Morgan fingerprint density at radius 2 is 2.05 bits per heavy atom. The van der Waals surface area contributed by atoms with Crippen molar-refractivity contribution >= 4 is 35.1 Å².